The highest BCUT2D eigenvalue weighted by atomic mass is 32.2. The Morgan fingerprint density at radius 1 is 1.00 bits per heavy atom. The fourth-order valence-corrected chi connectivity index (χ4v) is 3.63. The summed E-state index contributed by atoms with van der Waals surface area (Å²) in [5.41, 5.74) is 2.37. The van der Waals surface area contributed by atoms with Gasteiger partial charge in [-0.1, -0.05) is 18.2 Å². The van der Waals surface area contributed by atoms with Crippen molar-refractivity contribution in [3.8, 4) is 11.3 Å². The molecule has 0 unspecified atom stereocenters. The quantitative estimate of drug-likeness (QED) is 0.276. The third kappa shape index (κ3) is 4.98. The van der Waals surface area contributed by atoms with Gasteiger partial charge in [0.25, 0.3) is 5.91 Å². The van der Waals surface area contributed by atoms with Crippen molar-refractivity contribution in [1.82, 2.24) is 15.0 Å². The maximum absolute atomic E-state index is 14.8. The highest BCUT2D eigenvalue weighted by molar-refractivity contribution is 7.98. The lowest BCUT2D eigenvalue weighted by Crippen LogP contribution is -2.13. The summed E-state index contributed by atoms with van der Waals surface area (Å²) in [6.45, 7) is 1.87. The number of amides is 1. The number of para-hydroxylation sites is 1. The predicted molar refractivity (Wildman–Crippen MR) is 126 cm³/mol. The summed E-state index contributed by atoms with van der Waals surface area (Å²) in [7, 11) is 0. The molecule has 4 rings (SSSR count). The summed E-state index contributed by atoms with van der Waals surface area (Å²) in [4.78, 5) is 25.4. The fraction of sp³-hybridized carbons (Fsp3) is 0.0833. The van der Waals surface area contributed by atoms with Crippen LogP contribution in [0.5, 0.6) is 0 Å². The molecule has 2 N–H and O–H groups in total. The van der Waals surface area contributed by atoms with E-state index in [9.17, 15) is 13.6 Å². The third-order valence-electron chi connectivity index (χ3n) is 4.86. The van der Waals surface area contributed by atoms with Gasteiger partial charge in [-0.3, -0.25) is 4.79 Å². The summed E-state index contributed by atoms with van der Waals surface area (Å²) in [6, 6.07) is 14.6. The maximum Gasteiger partial charge on any atom is 0.255 e. The predicted octanol–water partition coefficient (Wildman–Crippen LogP) is 5.84. The van der Waals surface area contributed by atoms with E-state index < -0.39 is 17.7 Å². The van der Waals surface area contributed by atoms with Gasteiger partial charge in [-0.05, 0) is 55.1 Å². The zero-order chi connectivity index (χ0) is 23.4. The highest BCUT2D eigenvalue weighted by Gasteiger charge is 2.16. The van der Waals surface area contributed by atoms with Crippen molar-refractivity contribution >= 4 is 35.0 Å². The van der Waals surface area contributed by atoms with Gasteiger partial charge in [0.1, 0.15) is 5.82 Å². The molecular weight excluding hydrogens is 444 g/mol. The lowest BCUT2D eigenvalue weighted by molar-refractivity contribution is 0.102. The van der Waals surface area contributed by atoms with Crippen molar-refractivity contribution in [2.75, 3.05) is 16.9 Å². The first-order chi connectivity index (χ1) is 16.0. The molecule has 0 aliphatic rings. The molecule has 0 spiro atoms. The molecule has 33 heavy (non-hydrogen) atoms. The number of aryl methyl sites for hydroxylation is 1. The SMILES string of the molecule is CSc1cnc(Nc2ccc(C(=O)Nc3ccccc3C)cc2F)nc1-c1cccnc1F. The fourth-order valence-electron chi connectivity index (χ4n) is 3.12. The van der Waals surface area contributed by atoms with E-state index in [0.29, 0.717) is 16.3 Å². The Hall–Kier alpha value is -3.85. The van der Waals surface area contributed by atoms with Gasteiger partial charge in [-0.2, -0.15) is 4.39 Å². The van der Waals surface area contributed by atoms with Gasteiger partial charge in [-0.15, -0.1) is 11.8 Å². The van der Waals surface area contributed by atoms with Crippen LogP contribution in [-0.2, 0) is 0 Å². The minimum atomic E-state index is -0.660. The smallest absolute Gasteiger partial charge is 0.255 e. The first-order valence-electron chi connectivity index (χ1n) is 9.91. The summed E-state index contributed by atoms with van der Waals surface area (Å²) in [5.74, 6) is -1.65. The van der Waals surface area contributed by atoms with E-state index in [4.69, 9.17) is 0 Å². The number of thioether (sulfide) groups is 1. The van der Waals surface area contributed by atoms with Gasteiger partial charge in [0.2, 0.25) is 11.9 Å². The molecule has 0 bridgehead atoms. The minimum Gasteiger partial charge on any atom is -0.322 e. The topological polar surface area (TPSA) is 79.8 Å². The molecule has 0 radical (unpaired) electrons. The molecule has 0 saturated heterocycles. The van der Waals surface area contributed by atoms with Crippen molar-refractivity contribution < 1.29 is 13.6 Å². The molecule has 2 aromatic heterocycles. The number of pyridine rings is 1. The molecule has 2 heterocycles. The number of anilines is 3. The Bertz CT molecular complexity index is 1330. The van der Waals surface area contributed by atoms with Gasteiger partial charge in [0.05, 0.1) is 21.8 Å². The zero-order valence-electron chi connectivity index (χ0n) is 17.8. The van der Waals surface area contributed by atoms with E-state index in [1.54, 1.807) is 18.2 Å². The van der Waals surface area contributed by atoms with Crippen LogP contribution in [0.1, 0.15) is 15.9 Å². The van der Waals surface area contributed by atoms with Crippen LogP contribution < -0.4 is 10.6 Å². The Morgan fingerprint density at radius 3 is 2.55 bits per heavy atom. The number of hydrogen-bond donors (Lipinski definition) is 2. The Kier molecular flexibility index (Phi) is 6.60. The van der Waals surface area contributed by atoms with Crippen LogP contribution in [0.2, 0.25) is 0 Å². The van der Waals surface area contributed by atoms with Gasteiger partial charge in [0.15, 0.2) is 0 Å². The van der Waals surface area contributed by atoms with Crippen molar-refractivity contribution in [1.29, 1.82) is 0 Å². The van der Waals surface area contributed by atoms with Gasteiger partial charge in [0, 0.05) is 23.6 Å². The zero-order valence-corrected chi connectivity index (χ0v) is 18.6. The van der Waals surface area contributed by atoms with Crippen LogP contribution in [-0.4, -0.2) is 27.1 Å². The number of halogens is 2. The highest BCUT2D eigenvalue weighted by Crippen LogP contribution is 2.30. The summed E-state index contributed by atoms with van der Waals surface area (Å²) < 4.78 is 29.0. The maximum atomic E-state index is 14.8. The van der Waals surface area contributed by atoms with Crippen LogP contribution >= 0.6 is 11.8 Å². The second-order valence-corrected chi connectivity index (χ2v) is 7.89. The number of aromatic nitrogens is 3. The van der Waals surface area contributed by atoms with E-state index in [1.807, 2.05) is 31.4 Å². The second kappa shape index (κ2) is 9.74. The standard InChI is InChI=1S/C24H19F2N5OS/c1-14-6-3-4-8-18(14)29-23(32)15-9-10-19(17(25)12-15)30-24-28-13-20(33-2)21(31-24)16-7-5-11-27-22(16)26/h3-13H,1-2H3,(H,29,32)(H,28,30,31). The van der Waals surface area contributed by atoms with E-state index >= 15 is 0 Å². The molecule has 0 atom stereocenters. The molecule has 1 amide bonds. The van der Waals surface area contributed by atoms with E-state index in [2.05, 4.69) is 25.6 Å². The molecule has 6 nitrogen and oxygen atoms in total. The molecule has 2 aromatic carbocycles. The second-order valence-electron chi connectivity index (χ2n) is 7.04. The van der Waals surface area contributed by atoms with E-state index in [1.165, 1.54) is 36.3 Å². The van der Waals surface area contributed by atoms with Crippen molar-refractivity contribution in [2.24, 2.45) is 0 Å². The van der Waals surface area contributed by atoms with E-state index in [-0.39, 0.29) is 22.8 Å². The van der Waals surface area contributed by atoms with Gasteiger partial charge < -0.3 is 10.6 Å². The summed E-state index contributed by atoms with van der Waals surface area (Å²) in [6.07, 6.45) is 4.71. The first kappa shape index (κ1) is 22.3. The molecule has 0 aliphatic carbocycles. The van der Waals surface area contributed by atoms with Gasteiger partial charge in [-0.25, -0.2) is 19.3 Å². The van der Waals surface area contributed by atoms with Crippen LogP contribution in [0, 0.1) is 18.7 Å². The Balaban J connectivity index is 1.57. The number of benzene rings is 2. The monoisotopic (exact) mass is 463 g/mol. The number of hydrogen-bond acceptors (Lipinski definition) is 6. The van der Waals surface area contributed by atoms with Crippen LogP contribution in [0.15, 0.2) is 71.9 Å². The molecule has 166 valence electrons. The van der Waals surface area contributed by atoms with Crippen LogP contribution in [0.3, 0.4) is 0 Å². The normalized spacial score (nSPS) is 10.7. The number of carbonyl (C=O) groups excluding carboxylic acids is 1. The lowest BCUT2D eigenvalue weighted by Gasteiger charge is -2.12. The third-order valence-corrected chi connectivity index (χ3v) is 5.60. The number of nitrogens with zero attached hydrogens (tertiary/aromatic N) is 3. The van der Waals surface area contributed by atoms with Crippen LogP contribution in [0.4, 0.5) is 26.1 Å². The molecule has 0 saturated carbocycles. The number of nitrogens with one attached hydrogen (secondary N) is 2. The minimum absolute atomic E-state index is 0.0805. The average Bonchev–Trinajstić information content (AvgIpc) is 2.82. The molecule has 4 aromatic rings. The number of rotatable bonds is 6. The molecule has 0 aliphatic heterocycles. The van der Waals surface area contributed by atoms with Crippen LogP contribution in [0.25, 0.3) is 11.3 Å². The van der Waals surface area contributed by atoms with Crippen molar-refractivity contribution in [3.63, 3.8) is 0 Å². The first-order valence-corrected chi connectivity index (χ1v) is 11.1. The Labute approximate surface area is 193 Å². The molecule has 0 fully saturated rings. The van der Waals surface area contributed by atoms with Crippen molar-refractivity contribution in [3.05, 3.63) is 89.9 Å². The molecule has 9 heteroatoms. The Morgan fingerprint density at radius 2 is 1.82 bits per heavy atom. The van der Waals surface area contributed by atoms with Gasteiger partial charge >= 0.3 is 0 Å². The summed E-state index contributed by atoms with van der Waals surface area (Å²) in [5, 5.41) is 5.57. The van der Waals surface area contributed by atoms with E-state index in [0.717, 1.165) is 11.6 Å². The van der Waals surface area contributed by atoms with Crippen molar-refractivity contribution in [2.45, 2.75) is 11.8 Å². The number of carbonyl (C=O) groups is 1. The average molecular weight is 464 g/mol. The molecular formula is C24H19F2N5OS. The summed E-state index contributed by atoms with van der Waals surface area (Å²) >= 11 is 1.36. The lowest BCUT2D eigenvalue weighted by atomic mass is 10.1. The largest absolute Gasteiger partial charge is 0.322 e.